The molecule has 1 unspecified atom stereocenters. The van der Waals surface area contributed by atoms with E-state index in [1.807, 2.05) is 0 Å². The highest BCUT2D eigenvalue weighted by Gasteiger charge is 2.41. The highest BCUT2D eigenvalue weighted by atomic mass is 35.5. The molecule has 2 aromatic heterocycles. The minimum atomic E-state index is -1.83. The van der Waals surface area contributed by atoms with Gasteiger partial charge in [-0.1, -0.05) is 11.6 Å². The van der Waals surface area contributed by atoms with Crippen molar-refractivity contribution in [3.05, 3.63) is 36.0 Å². The predicted octanol–water partition coefficient (Wildman–Crippen LogP) is 2.42. The van der Waals surface area contributed by atoms with Crippen LogP contribution in [0.1, 0.15) is 13.2 Å². The monoisotopic (exact) mass is 330 g/mol. The lowest BCUT2D eigenvalue weighted by molar-refractivity contribution is -0.142. The lowest BCUT2D eigenvalue weighted by atomic mass is 9.87. The van der Waals surface area contributed by atoms with Gasteiger partial charge < -0.3 is 4.74 Å². The summed E-state index contributed by atoms with van der Waals surface area (Å²) in [5.74, 6) is -0.738. The van der Waals surface area contributed by atoms with E-state index in [1.165, 1.54) is 37.9 Å². The molecule has 0 fully saturated rings. The van der Waals surface area contributed by atoms with Gasteiger partial charge in [-0.15, -0.1) is 0 Å². The fraction of sp³-hybridized carbons (Fsp3) is 0.385. The Balaban J connectivity index is 2.31. The first-order valence-electron chi connectivity index (χ1n) is 6.29. The minimum Gasteiger partial charge on any atom is -0.444 e. The number of hydrogen-bond acceptors (Lipinski definition) is 5. The second kappa shape index (κ2) is 6.78. The Bertz CT molecular complexity index is 617. The van der Waals surface area contributed by atoms with Gasteiger partial charge in [0.05, 0.1) is 10.4 Å². The molecule has 0 aromatic carbocycles. The highest BCUT2D eigenvalue weighted by molar-refractivity contribution is 6.30. The van der Waals surface area contributed by atoms with Crippen molar-refractivity contribution in [1.82, 2.24) is 19.7 Å². The maximum absolute atomic E-state index is 13.1. The van der Waals surface area contributed by atoms with Crippen LogP contribution in [0.15, 0.2) is 31.0 Å². The Hall–Kier alpha value is -2.09. The molecule has 9 heteroatoms. The first-order valence-corrected chi connectivity index (χ1v) is 6.66. The lowest BCUT2D eigenvalue weighted by Gasteiger charge is -2.26. The van der Waals surface area contributed by atoms with Gasteiger partial charge in [0, 0.05) is 12.3 Å². The van der Waals surface area contributed by atoms with E-state index >= 15 is 0 Å². The van der Waals surface area contributed by atoms with E-state index in [1.54, 1.807) is 0 Å². The first-order chi connectivity index (χ1) is 10.5. The maximum atomic E-state index is 13.1. The average molecular weight is 331 g/mol. The van der Waals surface area contributed by atoms with Gasteiger partial charge in [-0.2, -0.15) is 5.10 Å². The molecule has 2 heterocycles. The molecule has 2 aromatic rings. The Morgan fingerprint density at radius 2 is 2.18 bits per heavy atom. The van der Waals surface area contributed by atoms with Crippen LogP contribution in [0.2, 0.25) is 5.02 Å². The van der Waals surface area contributed by atoms with Gasteiger partial charge in [0.1, 0.15) is 26.0 Å². The number of aromatic nitrogens is 4. The van der Waals surface area contributed by atoms with E-state index in [0.717, 1.165) is 4.68 Å². The van der Waals surface area contributed by atoms with Crippen LogP contribution in [0, 0.1) is 5.41 Å². The van der Waals surface area contributed by atoms with Crippen LogP contribution in [0.3, 0.4) is 0 Å². The third-order valence-electron chi connectivity index (χ3n) is 3.02. The second-order valence-corrected chi connectivity index (χ2v) is 5.29. The number of rotatable bonds is 7. The van der Waals surface area contributed by atoms with Crippen molar-refractivity contribution in [3.63, 3.8) is 0 Å². The number of alkyl halides is 2. The molecule has 0 aliphatic rings. The number of pyridine rings is 1. The molecule has 22 heavy (non-hydrogen) atoms. The van der Waals surface area contributed by atoms with Crippen molar-refractivity contribution in [3.8, 4) is 5.88 Å². The zero-order chi connectivity index (χ0) is 16.2. The Morgan fingerprint density at radius 1 is 1.45 bits per heavy atom. The number of hydrogen-bond donors (Lipinski definition) is 0. The molecule has 6 nitrogen and oxygen atoms in total. The highest BCUT2D eigenvalue weighted by Crippen LogP contribution is 2.27. The summed E-state index contributed by atoms with van der Waals surface area (Å²) < 4.78 is 32.7. The fourth-order valence-corrected chi connectivity index (χ4v) is 1.69. The average Bonchev–Trinajstić information content (AvgIpc) is 3.07. The zero-order valence-electron chi connectivity index (χ0n) is 11.6. The van der Waals surface area contributed by atoms with Crippen LogP contribution in [-0.4, -0.2) is 38.9 Å². The molecule has 0 saturated carbocycles. The van der Waals surface area contributed by atoms with Gasteiger partial charge in [0.25, 0.3) is 6.23 Å². The van der Waals surface area contributed by atoms with Crippen LogP contribution in [0.5, 0.6) is 5.88 Å². The quantitative estimate of drug-likeness (QED) is 0.779. The summed E-state index contributed by atoms with van der Waals surface area (Å²) >= 11 is 5.72. The van der Waals surface area contributed by atoms with Crippen LogP contribution in [0.25, 0.3) is 0 Å². The fourth-order valence-electron chi connectivity index (χ4n) is 1.58. The van der Waals surface area contributed by atoms with E-state index < -0.39 is 30.8 Å². The predicted molar refractivity (Wildman–Crippen MR) is 74.0 cm³/mol. The van der Waals surface area contributed by atoms with Crippen molar-refractivity contribution >= 4 is 17.4 Å². The van der Waals surface area contributed by atoms with Gasteiger partial charge in [0.15, 0.2) is 0 Å². The summed E-state index contributed by atoms with van der Waals surface area (Å²) in [5.41, 5.74) is -1.83. The third kappa shape index (κ3) is 3.38. The molecule has 0 radical (unpaired) electrons. The zero-order valence-corrected chi connectivity index (χ0v) is 12.4. The largest absolute Gasteiger partial charge is 0.444 e. The summed E-state index contributed by atoms with van der Waals surface area (Å²) in [6.45, 7) is -1.15. The molecule has 0 N–H and O–H groups in total. The van der Waals surface area contributed by atoms with Crippen molar-refractivity contribution in [1.29, 1.82) is 0 Å². The van der Waals surface area contributed by atoms with Gasteiger partial charge >= 0.3 is 0 Å². The van der Waals surface area contributed by atoms with E-state index in [-0.39, 0.29) is 5.88 Å². The Kier molecular flexibility index (Phi) is 5.02. The number of nitrogens with zero attached hydrogens (tertiary/aromatic N) is 4. The maximum Gasteiger partial charge on any atom is 0.254 e. The lowest BCUT2D eigenvalue weighted by Crippen LogP contribution is -2.41. The molecule has 0 aliphatic carbocycles. The topological polar surface area (TPSA) is 69.9 Å². The molecule has 0 amide bonds. The number of ketones is 1. The molecule has 2 rings (SSSR count). The second-order valence-electron chi connectivity index (χ2n) is 4.85. The third-order valence-corrected chi connectivity index (χ3v) is 3.24. The van der Waals surface area contributed by atoms with Crippen LogP contribution in [0.4, 0.5) is 8.78 Å². The summed E-state index contributed by atoms with van der Waals surface area (Å²) in [6.07, 6.45) is 2.34. The van der Waals surface area contributed by atoms with Crippen LogP contribution < -0.4 is 4.74 Å². The number of carbonyl (C=O) groups excluding carboxylic acids is 1. The van der Waals surface area contributed by atoms with E-state index in [0.29, 0.717) is 5.02 Å². The Morgan fingerprint density at radius 3 is 2.68 bits per heavy atom. The number of carbonyl (C=O) groups is 1. The molecule has 0 saturated heterocycles. The van der Waals surface area contributed by atoms with Gasteiger partial charge in [-0.25, -0.2) is 23.4 Å². The molecule has 118 valence electrons. The van der Waals surface area contributed by atoms with Crippen molar-refractivity contribution in [2.45, 2.75) is 13.2 Å². The van der Waals surface area contributed by atoms with Gasteiger partial charge in [-0.05, 0) is 13.0 Å². The van der Waals surface area contributed by atoms with Crippen molar-refractivity contribution in [2.24, 2.45) is 5.41 Å². The van der Waals surface area contributed by atoms with Crippen molar-refractivity contribution < 1.29 is 18.3 Å². The summed E-state index contributed by atoms with van der Waals surface area (Å²) in [4.78, 5) is 20.0. The van der Waals surface area contributed by atoms with Gasteiger partial charge in [-0.3, -0.25) is 4.79 Å². The number of Topliss-reactive ketones (excluding diaryl/α,β-unsaturated/α-hetero) is 1. The molecular formula is C13H13ClF2N4O2. The summed E-state index contributed by atoms with van der Waals surface area (Å²) in [7, 11) is 0. The molecule has 0 aliphatic heterocycles. The molecular weight excluding hydrogens is 318 g/mol. The summed E-state index contributed by atoms with van der Waals surface area (Å²) in [5, 5.41) is 4.18. The molecule has 0 bridgehead atoms. The van der Waals surface area contributed by atoms with Crippen LogP contribution in [-0.2, 0) is 4.79 Å². The number of halogens is 3. The standard InChI is InChI=1S/C13H13ClF2N4O2/c1-13(5-15,6-16)11(21)12(20-8-17-7-19-20)22-10-3-2-9(14)4-18-10/h2-4,7-8,12H,5-6H2,1H3. The minimum absolute atomic E-state index is 0.0679. The normalized spacial score (nSPS) is 12.9. The molecule has 1 atom stereocenters. The van der Waals surface area contributed by atoms with Gasteiger partial charge in [0.2, 0.25) is 11.7 Å². The Labute approximate surface area is 130 Å². The first kappa shape index (κ1) is 16.3. The SMILES string of the molecule is CC(CF)(CF)C(=O)C(Oc1ccc(Cl)cn1)n1cncn1. The van der Waals surface area contributed by atoms with Crippen LogP contribution >= 0.6 is 11.6 Å². The van der Waals surface area contributed by atoms with E-state index in [9.17, 15) is 13.6 Å². The molecule has 0 spiro atoms. The summed E-state index contributed by atoms with van der Waals surface area (Å²) in [6, 6.07) is 2.94. The van der Waals surface area contributed by atoms with Crippen molar-refractivity contribution in [2.75, 3.05) is 13.3 Å². The van der Waals surface area contributed by atoms with E-state index in [2.05, 4.69) is 15.1 Å². The number of ether oxygens (including phenoxy) is 1. The van der Waals surface area contributed by atoms with E-state index in [4.69, 9.17) is 16.3 Å². The smallest absolute Gasteiger partial charge is 0.254 e.